The second-order valence-electron chi connectivity index (χ2n) is 3.99. The molecule has 0 saturated heterocycles. The first-order chi connectivity index (χ1) is 7.72. The maximum atomic E-state index is 5.37. The number of furan rings is 1. The van der Waals surface area contributed by atoms with Crippen LogP contribution in [-0.2, 0) is 6.54 Å². The molecule has 86 valence electrons. The molecule has 0 spiro atoms. The predicted octanol–water partition coefficient (Wildman–Crippen LogP) is 3.25. The molecule has 2 aromatic rings. The van der Waals surface area contributed by atoms with Crippen LogP contribution >= 0.6 is 11.3 Å². The Labute approximate surface area is 99.5 Å². The Morgan fingerprint density at radius 2 is 2.31 bits per heavy atom. The number of nitrogens with one attached hydrogen (secondary N) is 1. The molecule has 0 radical (unpaired) electrons. The number of hydrogen-bond acceptors (Lipinski definition) is 4. The molecule has 16 heavy (non-hydrogen) atoms. The predicted molar refractivity (Wildman–Crippen MR) is 66.7 cm³/mol. The van der Waals surface area contributed by atoms with E-state index in [1.807, 2.05) is 19.2 Å². The van der Waals surface area contributed by atoms with E-state index in [-0.39, 0.29) is 0 Å². The average Bonchev–Trinajstić information content (AvgIpc) is 2.83. The van der Waals surface area contributed by atoms with Crippen molar-refractivity contribution in [1.29, 1.82) is 0 Å². The van der Waals surface area contributed by atoms with Gasteiger partial charge in [0.25, 0.3) is 0 Å². The van der Waals surface area contributed by atoms with Crippen molar-refractivity contribution >= 4 is 11.3 Å². The molecule has 0 bridgehead atoms. The van der Waals surface area contributed by atoms with Gasteiger partial charge in [-0.1, -0.05) is 13.8 Å². The molecule has 4 heteroatoms. The van der Waals surface area contributed by atoms with Gasteiger partial charge in [0, 0.05) is 11.4 Å². The smallest absolute Gasteiger partial charge is 0.162 e. The zero-order valence-corrected chi connectivity index (χ0v) is 10.6. The quantitative estimate of drug-likeness (QED) is 0.885. The van der Waals surface area contributed by atoms with Gasteiger partial charge < -0.3 is 9.73 Å². The number of aromatic nitrogens is 1. The fourth-order valence-corrected chi connectivity index (χ4v) is 2.80. The topological polar surface area (TPSA) is 38.1 Å². The van der Waals surface area contributed by atoms with Crippen molar-refractivity contribution in [1.82, 2.24) is 10.3 Å². The van der Waals surface area contributed by atoms with Gasteiger partial charge in [-0.15, -0.1) is 11.3 Å². The highest BCUT2D eigenvalue weighted by molar-refractivity contribution is 7.15. The van der Waals surface area contributed by atoms with E-state index < -0.39 is 0 Å². The Balaban J connectivity index is 2.38. The van der Waals surface area contributed by atoms with Crippen LogP contribution < -0.4 is 5.32 Å². The van der Waals surface area contributed by atoms with Crippen LogP contribution in [0.1, 0.15) is 30.3 Å². The number of nitrogens with zero attached hydrogens (tertiary/aromatic N) is 1. The largest absolute Gasteiger partial charge is 0.462 e. The number of hydrogen-bond donors (Lipinski definition) is 1. The van der Waals surface area contributed by atoms with Gasteiger partial charge in [-0.2, -0.15) is 0 Å². The van der Waals surface area contributed by atoms with Crippen LogP contribution in [0.4, 0.5) is 0 Å². The SMILES string of the molecule is CNCc1sc(-c2ccco2)nc1C(C)C. The molecule has 0 aliphatic rings. The van der Waals surface area contributed by atoms with Gasteiger partial charge in [-0.05, 0) is 25.1 Å². The molecule has 0 unspecified atom stereocenters. The molecular weight excluding hydrogens is 220 g/mol. The van der Waals surface area contributed by atoms with Crippen LogP contribution in [0.25, 0.3) is 10.8 Å². The summed E-state index contributed by atoms with van der Waals surface area (Å²) in [5.41, 5.74) is 1.17. The van der Waals surface area contributed by atoms with Crippen molar-refractivity contribution in [2.45, 2.75) is 26.3 Å². The molecule has 2 rings (SSSR count). The molecule has 0 amide bonds. The fourth-order valence-electron chi connectivity index (χ4n) is 1.61. The third kappa shape index (κ3) is 2.18. The van der Waals surface area contributed by atoms with Gasteiger partial charge >= 0.3 is 0 Å². The molecule has 0 atom stereocenters. The Kier molecular flexibility index (Phi) is 3.41. The molecule has 0 aliphatic heterocycles. The first-order valence-electron chi connectivity index (χ1n) is 5.40. The molecule has 2 aromatic heterocycles. The van der Waals surface area contributed by atoms with Gasteiger partial charge in [0.1, 0.15) is 0 Å². The molecule has 0 fully saturated rings. The van der Waals surface area contributed by atoms with Crippen molar-refractivity contribution in [2.75, 3.05) is 7.05 Å². The van der Waals surface area contributed by atoms with Crippen molar-refractivity contribution in [2.24, 2.45) is 0 Å². The van der Waals surface area contributed by atoms with E-state index in [1.165, 1.54) is 10.6 Å². The third-order valence-corrected chi connectivity index (χ3v) is 3.43. The Hall–Kier alpha value is -1.13. The molecular formula is C12H16N2OS. The lowest BCUT2D eigenvalue weighted by Gasteiger charge is -2.03. The summed E-state index contributed by atoms with van der Waals surface area (Å²) in [5.74, 6) is 1.30. The minimum Gasteiger partial charge on any atom is -0.462 e. The molecule has 2 heterocycles. The zero-order chi connectivity index (χ0) is 11.5. The zero-order valence-electron chi connectivity index (χ0n) is 9.78. The van der Waals surface area contributed by atoms with Crippen molar-refractivity contribution < 1.29 is 4.42 Å². The molecule has 0 saturated carbocycles. The van der Waals surface area contributed by atoms with Crippen molar-refractivity contribution in [3.8, 4) is 10.8 Å². The summed E-state index contributed by atoms with van der Waals surface area (Å²) >= 11 is 1.70. The van der Waals surface area contributed by atoms with E-state index in [1.54, 1.807) is 17.6 Å². The van der Waals surface area contributed by atoms with Crippen molar-refractivity contribution in [3.05, 3.63) is 29.0 Å². The molecule has 0 aromatic carbocycles. The second-order valence-corrected chi connectivity index (χ2v) is 5.07. The van der Waals surface area contributed by atoms with E-state index >= 15 is 0 Å². The summed E-state index contributed by atoms with van der Waals surface area (Å²) in [7, 11) is 1.95. The van der Waals surface area contributed by atoms with Gasteiger partial charge in [0.2, 0.25) is 0 Å². The summed E-state index contributed by atoms with van der Waals surface area (Å²) in [4.78, 5) is 5.95. The van der Waals surface area contributed by atoms with Crippen LogP contribution in [0.2, 0.25) is 0 Å². The van der Waals surface area contributed by atoms with Crippen molar-refractivity contribution in [3.63, 3.8) is 0 Å². The van der Waals surface area contributed by atoms with E-state index in [4.69, 9.17) is 4.42 Å². The summed E-state index contributed by atoms with van der Waals surface area (Å²) in [6.07, 6.45) is 1.68. The van der Waals surface area contributed by atoms with E-state index in [9.17, 15) is 0 Å². The lowest BCUT2D eigenvalue weighted by atomic mass is 10.1. The van der Waals surface area contributed by atoms with Crippen LogP contribution in [0, 0.1) is 0 Å². The second kappa shape index (κ2) is 4.80. The fraction of sp³-hybridized carbons (Fsp3) is 0.417. The Morgan fingerprint density at radius 1 is 1.50 bits per heavy atom. The number of thiazole rings is 1. The number of rotatable bonds is 4. The lowest BCUT2D eigenvalue weighted by Crippen LogP contribution is -2.06. The first-order valence-corrected chi connectivity index (χ1v) is 6.22. The van der Waals surface area contributed by atoms with Gasteiger partial charge in [0.05, 0.1) is 12.0 Å². The van der Waals surface area contributed by atoms with Gasteiger partial charge in [0.15, 0.2) is 10.8 Å². The average molecular weight is 236 g/mol. The highest BCUT2D eigenvalue weighted by atomic mass is 32.1. The van der Waals surface area contributed by atoms with Crippen LogP contribution in [0.15, 0.2) is 22.8 Å². The van der Waals surface area contributed by atoms with E-state index in [0.717, 1.165) is 17.3 Å². The van der Waals surface area contributed by atoms with Gasteiger partial charge in [-0.3, -0.25) is 0 Å². The highest BCUT2D eigenvalue weighted by Gasteiger charge is 2.15. The minimum atomic E-state index is 0.448. The lowest BCUT2D eigenvalue weighted by molar-refractivity contribution is 0.581. The van der Waals surface area contributed by atoms with Crippen LogP contribution in [0.5, 0.6) is 0 Å². The van der Waals surface area contributed by atoms with Gasteiger partial charge in [-0.25, -0.2) is 4.98 Å². The monoisotopic (exact) mass is 236 g/mol. The van der Waals surface area contributed by atoms with Crippen LogP contribution in [0.3, 0.4) is 0 Å². The summed E-state index contributed by atoms with van der Waals surface area (Å²) in [6, 6.07) is 3.84. The maximum Gasteiger partial charge on any atom is 0.162 e. The summed E-state index contributed by atoms with van der Waals surface area (Å²) in [6.45, 7) is 5.20. The van der Waals surface area contributed by atoms with Crippen LogP contribution in [-0.4, -0.2) is 12.0 Å². The standard InChI is InChI=1S/C12H16N2OS/c1-8(2)11-10(7-13-3)16-12(14-11)9-5-4-6-15-9/h4-6,8,13H,7H2,1-3H3. The normalized spacial score (nSPS) is 11.2. The van der Waals surface area contributed by atoms with E-state index in [0.29, 0.717) is 5.92 Å². The maximum absolute atomic E-state index is 5.37. The molecule has 3 nitrogen and oxygen atoms in total. The molecule has 1 N–H and O–H groups in total. The minimum absolute atomic E-state index is 0.448. The summed E-state index contributed by atoms with van der Waals surface area (Å²) < 4.78 is 5.37. The highest BCUT2D eigenvalue weighted by Crippen LogP contribution is 2.31. The Bertz CT molecular complexity index is 446. The third-order valence-electron chi connectivity index (χ3n) is 2.34. The first kappa shape index (κ1) is 11.4. The Morgan fingerprint density at radius 3 is 2.88 bits per heavy atom. The summed E-state index contributed by atoms with van der Waals surface area (Å²) in [5, 5.41) is 4.15. The molecule has 0 aliphatic carbocycles. The van der Waals surface area contributed by atoms with E-state index in [2.05, 4.69) is 24.1 Å².